The largest absolute Gasteiger partial charge is 0.322 e. The van der Waals surface area contributed by atoms with Gasteiger partial charge in [-0.3, -0.25) is 9.48 Å². The lowest BCUT2D eigenvalue weighted by Gasteiger charge is -2.13. The van der Waals surface area contributed by atoms with Gasteiger partial charge in [0, 0.05) is 17.3 Å². The highest BCUT2D eigenvalue weighted by molar-refractivity contribution is 8.00. The molecule has 3 rings (SSSR count). The lowest BCUT2D eigenvalue weighted by Crippen LogP contribution is -2.23. The maximum atomic E-state index is 12.7. The number of thioether (sulfide) groups is 1. The summed E-state index contributed by atoms with van der Waals surface area (Å²) in [6, 6.07) is 0. The van der Waals surface area contributed by atoms with E-state index in [2.05, 4.69) is 34.2 Å². The number of amides is 1. The first-order valence-corrected chi connectivity index (χ1v) is 10.1. The molecule has 0 aliphatic rings. The van der Waals surface area contributed by atoms with Gasteiger partial charge in [0.2, 0.25) is 5.91 Å². The molecule has 0 saturated carbocycles. The van der Waals surface area contributed by atoms with Crippen LogP contribution in [0.3, 0.4) is 0 Å². The number of nitrogens with zero attached hydrogens (tertiary/aromatic N) is 4. The topological polar surface area (TPSA) is 72.7 Å². The number of hydrogen-bond acceptors (Lipinski definition) is 6. The zero-order valence-corrected chi connectivity index (χ0v) is 17.7. The van der Waals surface area contributed by atoms with Crippen LogP contribution in [0, 0.1) is 34.6 Å². The Morgan fingerprint density at radius 1 is 1.19 bits per heavy atom. The van der Waals surface area contributed by atoms with E-state index in [1.54, 1.807) is 16.0 Å². The van der Waals surface area contributed by atoms with Crippen molar-refractivity contribution in [3.8, 4) is 0 Å². The number of aryl methyl sites for hydroxylation is 5. The van der Waals surface area contributed by atoms with Gasteiger partial charge >= 0.3 is 0 Å². The second-order valence-corrected chi connectivity index (χ2v) is 8.99. The van der Waals surface area contributed by atoms with Crippen LogP contribution in [0.5, 0.6) is 0 Å². The Bertz CT molecular complexity index is 1010. The fourth-order valence-corrected chi connectivity index (χ4v) is 4.99. The second-order valence-electron chi connectivity index (χ2n) is 6.46. The molecule has 1 atom stereocenters. The molecule has 3 heterocycles. The maximum absolute atomic E-state index is 12.7. The lowest BCUT2D eigenvalue weighted by atomic mass is 10.2. The van der Waals surface area contributed by atoms with Gasteiger partial charge in [0.05, 0.1) is 22.3 Å². The smallest absolute Gasteiger partial charge is 0.237 e. The van der Waals surface area contributed by atoms with E-state index in [0.29, 0.717) is 0 Å². The summed E-state index contributed by atoms with van der Waals surface area (Å²) in [6.45, 7) is 11.8. The Hall–Kier alpha value is -1.93. The van der Waals surface area contributed by atoms with E-state index < -0.39 is 0 Å². The van der Waals surface area contributed by atoms with Crippen molar-refractivity contribution in [2.45, 2.75) is 51.8 Å². The number of carbonyl (C=O) groups excluding carboxylic acids is 1. The predicted octanol–water partition coefficient (Wildman–Crippen LogP) is 4.09. The van der Waals surface area contributed by atoms with Crippen LogP contribution in [0.1, 0.15) is 34.6 Å². The molecule has 0 spiro atoms. The molecule has 8 heteroatoms. The van der Waals surface area contributed by atoms with Crippen molar-refractivity contribution in [2.75, 3.05) is 5.32 Å². The molecule has 26 heavy (non-hydrogen) atoms. The first-order chi connectivity index (χ1) is 12.2. The van der Waals surface area contributed by atoms with Crippen molar-refractivity contribution in [1.82, 2.24) is 19.7 Å². The number of aromatic nitrogens is 4. The standard InChI is InChI=1S/C18H23N5OS2/c1-8-11(4)25-17-14(8)18(20-13(6)19-17)26-12(5)16(24)21-15-9(2)22-23(7)10(15)3/h12H,1-7H3,(H,21,24). The second kappa shape index (κ2) is 7.00. The van der Waals surface area contributed by atoms with E-state index in [-0.39, 0.29) is 11.2 Å². The number of nitrogens with one attached hydrogen (secondary N) is 1. The van der Waals surface area contributed by atoms with Gasteiger partial charge < -0.3 is 5.32 Å². The Balaban J connectivity index is 1.87. The molecule has 0 bridgehead atoms. The highest BCUT2D eigenvalue weighted by Gasteiger charge is 2.22. The summed E-state index contributed by atoms with van der Waals surface area (Å²) >= 11 is 3.15. The molecule has 6 nitrogen and oxygen atoms in total. The summed E-state index contributed by atoms with van der Waals surface area (Å²) in [5, 5.41) is 9.02. The van der Waals surface area contributed by atoms with Crippen LogP contribution in [-0.2, 0) is 11.8 Å². The molecular formula is C18H23N5OS2. The molecule has 3 aromatic rings. The summed E-state index contributed by atoms with van der Waals surface area (Å²) in [6.07, 6.45) is 0. The summed E-state index contributed by atoms with van der Waals surface area (Å²) in [5.74, 6) is 0.677. The SMILES string of the molecule is Cc1nc(SC(C)C(=O)Nc2c(C)nn(C)c2C)c2c(C)c(C)sc2n1. The van der Waals surface area contributed by atoms with Crippen LogP contribution in [0.4, 0.5) is 5.69 Å². The third kappa shape index (κ3) is 3.35. The van der Waals surface area contributed by atoms with Gasteiger partial charge in [0.1, 0.15) is 15.7 Å². The van der Waals surface area contributed by atoms with E-state index >= 15 is 0 Å². The van der Waals surface area contributed by atoms with E-state index in [0.717, 1.165) is 38.1 Å². The number of anilines is 1. The monoisotopic (exact) mass is 389 g/mol. The Labute approximate surface area is 161 Å². The molecule has 3 aromatic heterocycles. The molecule has 0 aliphatic carbocycles. The van der Waals surface area contributed by atoms with Crippen LogP contribution in [0.2, 0.25) is 0 Å². The van der Waals surface area contributed by atoms with Gasteiger partial charge in [0.25, 0.3) is 0 Å². The molecule has 0 radical (unpaired) electrons. The minimum atomic E-state index is -0.286. The highest BCUT2D eigenvalue weighted by atomic mass is 32.2. The van der Waals surface area contributed by atoms with Crippen LogP contribution in [-0.4, -0.2) is 30.9 Å². The third-order valence-electron chi connectivity index (χ3n) is 4.52. The van der Waals surface area contributed by atoms with E-state index in [1.807, 2.05) is 34.7 Å². The number of rotatable bonds is 4. The molecule has 1 amide bonds. The maximum Gasteiger partial charge on any atom is 0.237 e. The van der Waals surface area contributed by atoms with Crippen molar-refractivity contribution in [3.05, 3.63) is 27.7 Å². The van der Waals surface area contributed by atoms with Crippen LogP contribution >= 0.6 is 23.1 Å². The van der Waals surface area contributed by atoms with Crippen molar-refractivity contribution < 1.29 is 4.79 Å². The fraction of sp³-hybridized carbons (Fsp3) is 0.444. The molecule has 0 aliphatic heterocycles. The summed E-state index contributed by atoms with van der Waals surface area (Å²) in [4.78, 5) is 24.1. The number of carbonyl (C=O) groups is 1. The number of thiophene rings is 1. The van der Waals surface area contributed by atoms with Crippen LogP contribution < -0.4 is 5.32 Å². The van der Waals surface area contributed by atoms with Gasteiger partial charge in [-0.05, 0) is 47.1 Å². The van der Waals surface area contributed by atoms with Crippen molar-refractivity contribution in [2.24, 2.45) is 7.05 Å². The van der Waals surface area contributed by atoms with Gasteiger partial charge in [-0.1, -0.05) is 11.8 Å². The van der Waals surface area contributed by atoms with Gasteiger partial charge in [-0.15, -0.1) is 11.3 Å². The quantitative estimate of drug-likeness (QED) is 0.537. The molecule has 0 aromatic carbocycles. The summed E-state index contributed by atoms with van der Waals surface area (Å²) < 4.78 is 1.78. The zero-order chi connectivity index (χ0) is 19.2. The van der Waals surface area contributed by atoms with Crippen molar-refractivity contribution in [1.29, 1.82) is 0 Å². The highest BCUT2D eigenvalue weighted by Crippen LogP contribution is 2.36. The van der Waals surface area contributed by atoms with Crippen LogP contribution in [0.15, 0.2) is 5.03 Å². The summed E-state index contributed by atoms with van der Waals surface area (Å²) in [7, 11) is 1.87. The minimum Gasteiger partial charge on any atom is -0.322 e. The average molecular weight is 390 g/mol. The van der Waals surface area contributed by atoms with Gasteiger partial charge in [0.15, 0.2) is 0 Å². The normalized spacial score (nSPS) is 12.6. The first kappa shape index (κ1) is 18.8. The molecule has 1 N–H and O–H groups in total. The fourth-order valence-electron chi connectivity index (χ4n) is 2.80. The molecule has 138 valence electrons. The van der Waals surface area contributed by atoms with Crippen molar-refractivity contribution in [3.63, 3.8) is 0 Å². The Kier molecular flexibility index (Phi) is 5.07. The first-order valence-electron chi connectivity index (χ1n) is 8.41. The molecule has 0 fully saturated rings. The predicted molar refractivity (Wildman–Crippen MR) is 108 cm³/mol. The molecule has 1 unspecified atom stereocenters. The van der Waals surface area contributed by atoms with Gasteiger partial charge in [-0.2, -0.15) is 5.10 Å². The number of fused-ring (bicyclic) bond motifs is 1. The minimum absolute atomic E-state index is 0.0526. The van der Waals surface area contributed by atoms with E-state index in [4.69, 9.17) is 0 Å². The van der Waals surface area contributed by atoms with E-state index in [1.165, 1.54) is 22.2 Å². The van der Waals surface area contributed by atoms with Gasteiger partial charge in [-0.25, -0.2) is 9.97 Å². The Morgan fingerprint density at radius 2 is 1.88 bits per heavy atom. The number of hydrogen-bond donors (Lipinski definition) is 1. The van der Waals surface area contributed by atoms with Crippen LogP contribution in [0.25, 0.3) is 10.2 Å². The van der Waals surface area contributed by atoms with Crippen molar-refractivity contribution >= 4 is 44.9 Å². The average Bonchev–Trinajstić information content (AvgIpc) is 2.97. The third-order valence-corrected chi connectivity index (χ3v) is 6.71. The Morgan fingerprint density at radius 3 is 2.50 bits per heavy atom. The lowest BCUT2D eigenvalue weighted by molar-refractivity contribution is -0.115. The molecular weight excluding hydrogens is 366 g/mol. The van der Waals surface area contributed by atoms with E-state index in [9.17, 15) is 4.79 Å². The molecule has 0 saturated heterocycles. The zero-order valence-electron chi connectivity index (χ0n) is 16.1. The summed E-state index contributed by atoms with van der Waals surface area (Å²) in [5.41, 5.74) is 3.74.